The Morgan fingerprint density at radius 2 is 2.15 bits per heavy atom. The van der Waals surface area contributed by atoms with Crippen LogP contribution in [0.4, 0.5) is 0 Å². The number of cyclic esters (lactones) is 1. The number of ether oxygens (including phenoxy) is 2. The molecule has 20 heavy (non-hydrogen) atoms. The van der Waals surface area contributed by atoms with Crippen molar-refractivity contribution in [2.75, 3.05) is 12.9 Å². The van der Waals surface area contributed by atoms with Crippen molar-refractivity contribution >= 4 is 33.4 Å². The second kappa shape index (κ2) is 5.41. The molecule has 0 radical (unpaired) electrons. The summed E-state index contributed by atoms with van der Waals surface area (Å²) in [6.07, 6.45) is 0.328. The zero-order valence-corrected chi connectivity index (χ0v) is 12.0. The summed E-state index contributed by atoms with van der Waals surface area (Å²) in [5.74, 6) is -1.40. The highest BCUT2D eigenvalue weighted by molar-refractivity contribution is 7.90. The van der Waals surface area contributed by atoms with Crippen LogP contribution in [-0.4, -0.2) is 39.3 Å². The zero-order valence-electron chi connectivity index (χ0n) is 10.5. The Morgan fingerprint density at radius 1 is 1.45 bits per heavy atom. The largest absolute Gasteiger partial charge is 0.463 e. The fraction of sp³-hybridized carbons (Fsp3) is 0.333. The summed E-state index contributed by atoms with van der Waals surface area (Å²) in [7, 11) is -3.56. The maximum Gasteiger partial charge on any atom is 0.347 e. The molecule has 108 valence electrons. The van der Waals surface area contributed by atoms with Gasteiger partial charge in [0, 0.05) is 12.7 Å². The van der Waals surface area contributed by atoms with Crippen molar-refractivity contribution in [1.82, 2.24) is 0 Å². The first kappa shape index (κ1) is 14.8. The molecule has 2 rings (SSSR count). The fourth-order valence-electron chi connectivity index (χ4n) is 1.70. The van der Waals surface area contributed by atoms with Crippen LogP contribution in [0.15, 0.2) is 23.1 Å². The van der Waals surface area contributed by atoms with Gasteiger partial charge in [0.25, 0.3) is 0 Å². The van der Waals surface area contributed by atoms with Gasteiger partial charge in [-0.15, -0.1) is 0 Å². The highest BCUT2D eigenvalue weighted by Gasteiger charge is 2.30. The lowest BCUT2D eigenvalue weighted by Crippen LogP contribution is -2.22. The lowest BCUT2D eigenvalue weighted by molar-refractivity contribution is -0.145. The highest BCUT2D eigenvalue weighted by atomic mass is 35.5. The van der Waals surface area contributed by atoms with E-state index in [9.17, 15) is 18.0 Å². The molecular weight excluding hydrogens is 308 g/mol. The van der Waals surface area contributed by atoms with Gasteiger partial charge in [-0.05, 0) is 18.2 Å². The molecule has 0 saturated carbocycles. The maximum absolute atomic E-state index is 11.9. The number of hydrogen-bond donors (Lipinski definition) is 0. The minimum absolute atomic E-state index is 0.00882. The third-order valence-corrected chi connectivity index (χ3v) is 4.28. The quantitative estimate of drug-likeness (QED) is 0.779. The van der Waals surface area contributed by atoms with Crippen LogP contribution in [0.3, 0.4) is 0 Å². The van der Waals surface area contributed by atoms with E-state index in [1.165, 1.54) is 12.1 Å². The highest BCUT2D eigenvalue weighted by Crippen LogP contribution is 2.23. The van der Waals surface area contributed by atoms with E-state index in [4.69, 9.17) is 16.3 Å². The molecule has 0 spiro atoms. The molecule has 1 aromatic rings. The van der Waals surface area contributed by atoms with Crippen LogP contribution >= 0.6 is 11.6 Å². The van der Waals surface area contributed by atoms with E-state index in [2.05, 4.69) is 4.74 Å². The molecule has 1 aromatic carbocycles. The molecule has 0 N–H and O–H groups in total. The Morgan fingerprint density at radius 3 is 2.70 bits per heavy atom. The van der Waals surface area contributed by atoms with Crippen LogP contribution in [0, 0.1) is 0 Å². The second-order valence-corrected chi connectivity index (χ2v) is 6.66. The number of rotatable bonds is 3. The van der Waals surface area contributed by atoms with Crippen molar-refractivity contribution < 1.29 is 27.5 Å². The maximum atomic E-state index is 11.9. The average molecular weight is 319 g/mol. The fourth-order valence-corrected chi connectivity index (χ4v) is 3.00. The number of esters is 2. The van der Waals surface area contributed by atoms with Crippen LogP contribution < -0.4 is 0 Å². The first-order valence-electron chi connectivity index (χ1n) is 5.66. The summed E-state index contributed by atoms with van der Waals surface area (Å²) in [5.41, 5.74) is 0.00882. The zero-order chi connectivity index (χ0) is 14.9. The number of hydrogen-bond acceptors (Lipinski definition) is 6. The summed E-state index contributed by atoms with van der Waals surface area (Å²) >= 11 is 5.77. The van der Waals surface area contributed by atoms with Gasteiger partial charge in [0.05, 0.1) is 22.1 Å². The van der Waals surface area contributed by atoms with Crippen molar-refractivity contribution in [3.63, 3.8) is 0 Å². The number of halogens is 1. The monoisotopic (exact) mass is 318 g/mol. The Hall–Kier alpha value is -1.60. The molecule has 1 fully saturated rings. The van der Waals surface area contributed by atoms with Gasteiger partial charge in [0.1, 0.15) is 0 Å². The van der Waals surface area contributed by atoms with Crippen molar-refractivity contribution in [3.8, 4) is 0 Å². The van der Waals surface area contributed by atoms with E-state index in [0.29, 0.717) is 0 Å². The third-order valence-electron chi connectivity index (χ3n) is 2.70. The van der Waals surface area contributed by atoms with Crippen LogP contribution in [0.5, 0.6) is 0 Å². The molecule has 0 aromatic heterocycles. The molecule has 0 unspecified atom stereocenters. The van der Waals surface area contributed by atoms with Crippen LogP contribution in [0.25, 0.3) is 0 Å². The van der Waals surface area contributed by atoms with Gasteiger partial charge in [0.15, 0.2) is 9.84 Å². The van der Waals surface area contributed by atoms with Gasteiger partial charge >= 0.3 is 11.9 Å². The molecule has 1 aliphatic rings. The van der Waals surface area contributed by atoms with E-state index in [1.54, 1.807) is 0 Å². The Kier molecular flexibility index (Phi) is 4.01. The summed E-state index contributed by atoms with van der Waals surface area (Å²) in [4.78, 5) is 22.9. The minimum Gasteiger partial charge on any atom is -0.463 e. The van der Waals surface area contributed by atoms with Crippen molar-refractivity contribution in [1.29, 1.82) is 0 Å². The molecule has 1 atom stereocenters. The molecule has 0 amide bonds. The van der Waals surface area contributed by atoms with Crippen molar-refractivity contribution in [2.45, 2.75) is 17.4 Å². The Labute approximate surface area is 120 Å². The molecule has 1 aliphatic heterocycles. The number of benzene rings is 1. The summed E-state index contributed by atoms with van der Waals surface area (Å²) in [6.45, 7) is 0.200. The minimum atomic E-state index is -3.56. The van der Waals surface area contributed by atoms with E-state index < -0.39 is 27.9 Å². The molecule has 1 saturated heterocycles. The topological polar surface area (TPSA) is 86.7 Å². The molecular formula is C12H11ClO6S. The first-order valence-corrected chi connectivity index (χ1v) is 7.93. The van der Waals surface area contributed by atoms with Gasteiger partial charge in [-0.3, -0.25) is 0 Å². The normalized spacial score (nSPS) is 18.7. The number of sulfone groups is 1. The lowest BCUT2D eigenvalue weighted by Gasteiger charge is -2.09. The molecule has 6 nitrogen and oxygen atoms in total. The average Bonchev–Trinajstić information content (AvgIpc) is 2.74. The van der Waals surface area contributed by atoms with Gasteiger partial charge < -0.3 is 9.47 Å². The number of carbonyl (C=O) groups is 2. The Balaban J connectivity index is 2.25. The first-order chi connectivity index (χ1) is 9.29. The lowest BCUT2D eigenvalue weighted by atomic mass is 10.2. The van der Waals surface area contributed by atoms with Crippen LogP contribution in [-0.2, 0) is 24.1 Å². The van der Waals surface area contributed by atoms with Crippen molar-refractivity contribution in [2.24, 2.45) is 0 Å². The predicted molar refractivity (Wildman–Crippen MR) is 69.3 cm³/mol. The SMILES string of the molecule is CS(=O)(=O)c1cc(C(=O)O[C@H]2CCOC2=O)ccc1Cl. The Bertz CT molecular complexity index is 667. The van der Waals surface area contributed by atoms with Gasteiger partial charge in [-0.25, -0.2) is 18.0 Å². The van der Waals surface area contributed by atoms with Crippen LogP contribution in [0.1, 0.15) is 16.8 Å². The van der Waals surface area contributed by atoms with Gasteiger partial charge in [0.2, 0.25) is 6.10 Å². The third kappa shape index (κ3) is 3.10. The molecule has 0 aliphatic carbocycles. The number of carbonyl (C=O) groups excluding carboxylic acids is 2. The van der Waals surface area contributed by atoms with Gasteiger partial charge in [-0.2, -0.15) is 0 Å². The van der Waals surface area contributed by atoms with Crippen molar-refractivity contribution in [3.05, 3.63) is 28.8 Å². The van der Waals surface area contributed by atoms with E-state index >= 15 is 0 Å². The smallest absolute Gasteiger partial charge is 0.347 e. The second-order valence-electron chi connectivity index (χ2n) is 4.27. The standard InChI is InChI=1S/C12H11ClO6S/c1-20(16,17)10-6-7(2-3-8(10)13)11(14)19-9-4-5-18-12(9)15/h2-3,6,9H,4-5H2,1H3/t9-/m0/s1. The van der Waals surface area contributed by atoms with E-state index in [-0.39, 0.29) is 28.5 Å². The molecule has 1 heterocycles. The summed E-state index contributed by atoms with van der Waals surface area (Å²) in [5, 5.41) is 0.0179. The van der Waals surface area contributed by atoms with E-state index in [0.717, 1.165) is 12.3 Å². The molecule has 8 heteroatoms. The van der Waals surface area contributed by atoms with E-state index in [1.807, 2.05) is 0 Å². The predicted octanol–water partition coefficient (Wildman–Crippen LogP) is 1.22. The van der Waals surface area contributed by atoms with Gasteiger partial charge in [-0.1, -0.05) is 11.6 Å². The van der Waals surface area contributed by atoms with Crippen LogP contribution in [0.2, 0.25) is 5.02 Å². The summed E-state index contributed by atoms with van der Waals surface area (Å²) < 4.78 is 32.7. The molecule has 0 bridgehead atoms. The summed E-state index contributed by atoms with van der Waals surface area (Å²) in [6, 6.07) is 3.75.